The van der Waals surface area contributed by atoms with E-state index in [2.05, 4.69) is 0 Å². The van der Waals surface area contributed by atoms with Crippen LogP contribution in [-0.2, 0) is 41.8 Å². The van der Waals surface area contributed by atoms with E-state index < -0.39 is 67.7 Å². The quantitative estimate of drug-likeness (QED) is 0.470. The predicted octanol–water partition coefficient (Wildman–Crippen LogP) is 0.467. The molecule has 138 valence electrons. The van der Waals surface area contributed by atoms with Crippen LogP contribution >= 0.6 is 0 Å². The standard InChI is InChI=1S/C5H4F6O8S4/c6-4(7,8)22(16,17)3(23(18,19)5(9,10)11)1-2(20(12)13)21(14)15/h1,3H,(H,12,13)(H,14,15). The summed E-state index contributed by atoms with van der Waals surface area (Å²) in [5.41, 5.74) is -13.0. The maximum atomic E-state index is 12.3. The van der Waals surface area contributed by atoms with E-state index in [4.69, 9.17) is 9.11 Å². The molecule has 0 heterocycles. The average Bonchev–Trinajstić information content (AvgIpc) is 2.24. The smallest absolute Gasteiger partial charge is 0.302 e. The Balaban J connectivity index is 6.82. The lowest BCUT2D eigenvalue weighted by molar-refractivity contribution is -0.0466. The van der Waals surface area contributed by atoms with Crippen LogP contribution in [0.5, 0.6) is 0 Å². The largest absolute Gasteiger partial charge is 0.499 e. The highest BCUT2D eigenvalue weighted by molar-refractivity contribution is 8.10. The van der Waals surface area contributed by atoms with Crippen LogP contribution < -0.4 is 0 Å². The molecule has 0 saturated carbocycles. The van der Waals surface area contributed by atoms with Gasteiger partial charge in [0, 0.05) is 0 Å². The van der Waals surface area contributed by atoms with Crippen molar-refractivity contribution in [3.63, 3.8) is 0 Å². The first-order valence-electron chi connectivity index (χ1n) is 4.41. The molecule has 2 unspecified atom stereocenters. The summed E-state index contributed by atoms with van der Waals surface area (Å²) in [6, 6.07) is 0. The van der Waals surface area contributed by atoms with Gasteiger partial charge >= 0.3 is 11.0 Å². The number of hydrogen-bond acceptors (Lipinski definition) is 6. The van der Waals surface area contributed by atoms with Crippen LogP contribution in [0.4, 0.5) is 26.3 Å². The summed E-state index contributed by atoms with van der Waals surface area (Å²) in [4.78, 5) is 0. The number of hydrogen-bond donors (Lipinski definition) is 2. The lowest BCUT2D eigenvalue weighted by Gasteiger charge is -2.18. The van der Waals surface area contributed by atoms with Gasteiger partial charge in [0.2, 0.25) is 4.58 Å². The van der Waals surface area contributed by atoms with Crippen molar-refractivity contribution >= 4 is 41.8 Å². The van der Waals surface area contributed by atoms with Crippen LogP contribution in [0.3, 0.4) is 0 Å². The van der Waals surface area contributed by atoms with Crippen molar-refractivity contribution < 1.29 is 60.7 Å². The highest BCUT2D eigenvalue weighted by atomic mass is 32.3. The van der Waals surface area contributed by atoms with Crippen molar-refractivity contribution in [2.24, 2.45) is 0 Å². The van der Waals surface area contributed by atoms with Crippen LogP contribution in [0.1, 0.15) is 0 Å². The van der Waals surface area contributed by atoms with E-state index in [-0.39, 0.29) is 0 Å². The first kappa shape index (κ1) is 22.4. The minimum Gasteiger partial charge on any atom is -0.302 e. The summed E-state index contributed by atoms with van der Waals surface area (Å²) in [5.74, 6) is 0. The Kier molecular flexibility index (Phi) is 6.58. The molecule has 18 heteroatoms. The molecule has 2 atom stereocenters. The first-order valence-corrected chi connectivity index (χ1v) is 9.72. The normalized spacial score (nSPS) is 16.9. The van der Waals surface area contributed by atoms with Gasteiger partial charge in [-0.2, -0.15) is 26.3 Å². The molecule has 0 fully saturated rings. The Labute approximate surface area is 129 Å². The van der Waals surface area contributed by atoms with Crippen LogP contribution in [0, 0.1) is 0 Å². The predicted molar refractivity (Wildman–Crippen MR) is 63.4 cm³/mol. The minimum absolute atomic E-state index is 1.06. The van der Waals surface area contributed by atoms with Crippen molar-refractivity contribution in [2.45, 2.75) is 15.6 Å². The van der Waals surface area contributed by atoms with Crippen molar-refractivity contribution in [1.82, 2.24) is 0 Å². The lowest BCUT2D eigenvalue weighted by Crippen LogP contribution is -2.44. The Bertz CT molecular complexity index is 683. The summed E-state index contributed by atoms with van der Waals surface area (Å²) in [7, 11) is -14.2. The molecule has 2 N–H and O–H groups in total. The van der Waals surface area contributed by atoms with E-state index in [0.717, 1.165) is 0 Å². The topological polar surface area (TPSA) is 143 Å². The zero-order valence-corrected chi connectivity index (χ0v) is 13.2. The van der Waals surface area contributed by atoms with E-state index in [0.29, 0.717) is 0 Å². The Morgan fingerprint density at radius 3 is 1.26 bits per heavy atom. The molecule has 0 aromatic rings. The molecule has 0 aliphatic heterocycles. The fourth-order valence-electron chi connectivity index (χ4n) is 0.898. The number of halogens is 6. The SMILES string of the molecule is O=S(O)C(=CC(S(=O)(=O)C(F)(F)F)S(=O)(=O)C(F)(F)F)S(=O)O. The Hall–Kier alpha value is -0.560. The fourth-order valence-corrected chi connectivity index (χ4v) is 5.38. The summed E-state index contributed by atoms with van der Waals surface area (Å²) in [6.07, 6.45) is -1.06. The van der Waals surface area contributed by atoms with E-state index >= 15 is 0 Å². The monoisotopic (exact) mass is 434 g/mol. The summed E-state index contributed by atoms with van der Waals surface area (Å²) in [5, 5.41) is 0. The zero-order valence-electron chi connectivity index (χ0n) is 9.90. The maximum Gasteiger partial charge on any atom is 0.499 e. The maximum absolute atomic E-state index is 12.3. The number of alkyl halides is 6. The average molecular weight is 434 g/mol. The Morgan fingerprint density at radius 2 is 1.09 bits per heavy atom. The summed E-state index contributed by atoms with van der Waals surface area (Å²) >= 11 is -7.46. The van der Waals surface area contributed by atoms with Gasteiger partial charge < -0.3 is 9.11 Å². The van der Waals surface area contributed by atoms with Gasteiger partial charge in [0.1, 0.15) is 0 Å². The molecule has 0 bridgehead atoms. The number of sulfone groups is 2. The molecule has 0 amide bonds. The van der Waals surface area contributed by atoms with E-state index in [9.17, 15) is 51.6 Å². The van der Waals surface area contributed by atoms with Crippen molar-refractivity contribution in [3.8, 4) is 0 Å². The Morgan fingerprint density at radius 1 is 0.826 bits per heavy atom. The van der Waals surface area contributed by atoms with Gasteiger partial charge in [-0.1, -0.05) is 0 Å². The molecule has 0 rings (SSSR count). The zero-order chi connectivity index (χ0) is 19.0. The summed E-state index contributed by atoms with van der Waals surface area (Å²) < 4.78 is 150. The third kappa shape index (κ3) is 4.72. The molecule has 0 radical (unpaired) electrons. The van der Waals surface area contributed by atoms with Gasteiger partial charge in [0.15, 0.2) is 26.4 Å². The minimum atomic E-state index is -7.12. The fraction of sp³-hybridized carbons (Fsp3) is 0.600. The van der Waals surface area contributed by atoms with Crippen LogP contribution in [0.15, 0.2) is 10.3 Å². The number of rotatable bonds is 5. The highest BCUT2D eigenvalue weighted by Crippen LogP contribution is 2.37. The van der Waals surface area contributed by atoms with E-state index in [1.54, 1.807) is 0 Å². The van der Waals surface area contributed by atoms with Crippen LogP contribution in [0.2, 0.25) is 0 Å². The molecular weight excluding hydrogens is 430 g/mol. The van der Waals surface area contributed by atoms with Gasteiger partial charge in [0.05, 0.1) is 0 Å². The van der Waals surface area contributed by atoms with Gasteiger partial charge in [-0.25, -0.2) is 25.3 Å². The molecule has 0 aromatic heterocycles. The second kappa shape index (κ2) is 6.75. The van der Waals surface area contributed by atoms with Gasteiger partial charge in [-0.3, -0.25) is 0 Å². The third-order valence-electron chi connectivity index (χ3n) is 1.87. The van der Waals surface area contributed by atoms with Crippen LogP contribution in [0.25, 0.3) is 0 Å². The first-order chi connectivity index (χ1) is 9.87. The van der Waals surface area contributed by atoms with E-state index in [1.165, 1.54) is 0 Å². The second-order valence-corrected chi connectivity index (χ2v) is 9.89. The molecule has 0 aliphatic rings. The van der Waals surface area contributed by atoms with Crippen LogP contribution in [-0.4, -0.2) is 50.0 Å². The molecule has 0 saturated heterocycles. The third-order valence-corrected chi connectivity index (χ3v) is 8.00. The van der Waals surface area contributed by atoms with Gasteiger partial charge in [0.25, 0.3) is 19.7 Å². The van der Waals surface area contributed by atoms with Gasteiger partial charge in [-0.05, 0) is 6.08 Å². The van der Waals surface area contributed by atoms with E-state index in [1.807, 2.05) is 0 Å². The lowest BCUT2D eigenvalue weighted by atomic mass is 10.7. The van der Waals surface area contributed by atoms with Gasteiger partial charge in [-0.15, -0.1) is 0 Å². The molecule has 23 heavy (non-hydrogen) atoms. The molecule has 0 spiro atoms. The second-order valence-electron chi connectivity index (χ2n) is 3.33. The van der Waals surface area contributed by atoms with Crippen molar-refractivity contribution in [2.75, 3.05) is 0 Å². The molecule has 0 aliphatic carbocycles. The molecule has 8 nitrogen and oxygen atoms in total. The summed E-state index contributed by atoms with van der Waals surface area (Å²) in [6.45, 7) is 0. The van der Waals surface area contributed by atoms with Crippen molar-refractivity contribution in [3.05, 3.63) is 10.3 Å². The molecular formula is C5H4F6O8S4. The highest BCUT2D eigenvalue weighted by Gasteiger charge is 2.62. The van der Waals surface area contributed by atoms with Crippen molar-refractivity contribution in [1.29, 1.82) is 0 Å². The molecule has 0 aromatic carbocycles.